The second-order valence-electron chi connectivity index (χ2n) is 4.16. The van der Waals surface area contributed by atoms with Gasteiger partial charge in [-0.1, -0.05) is 17.7 Å². The summed E-state index contributed by atoms with van der Waals surface area (Å²) in [6.45, 7) is 5.36. The lowest BCUT2D eigenvalue weighted by Crippen LogP contribution is -2.30. The van der Waals surface area contributed by atoms with Crippen molar-refractivity contribution in [3.63, 3.8) is 0 Å². The molecular weight excluding hydrogens is 252 g/mol. The Morgan fingerprint density at radius 2 is 2.11 bits per heavy atom. The van der Waals surface area contributed by atoms with Gasteiger partial charge in [0, 0.05) is 13.7 Å². The Kier molecular flexibility index (Phi) is 6.12. The highest BCUT2D eigenvalue weighted by molar-refractivity contribution is 6.34. The molecule has 2 N–H and O–H groups in total. The Bertz CT molecular complexity index is 398. The molecule has 0 aliphatic rings. The third-order valence-electron chi connectivity index (χ3n) is 2.46. The molecule has 0 fully saturated rings. The average molecular weight is 271 g/mol. The summed E-state index contributed by atoms with van der Waals surface area (Å²) >= 11 is 6.11. The molecule has 1 amide bonds. The molecule has 1 aromatic rings. The second kappa shape index (κ2) is 7.36. The molecule has 0 saturated heterocycles. The van der Waals surface area contributed by atoms with Crippen molar-refractivity contribution < 1.29 is 9.53 Å². The van der Waals surface area contributed by atoms with E-state index in [0.29, 0.717) is 23.9 Å². The monoisotopic (exact) mass is 270 g/mol. The molecule has 4 nitrogen and oxygen atoms in total. The van der Waals surface area contributed by atoms with Crippen molar-refractivity contribution in [2.45, 2.75) is 13.8 Å². The molecule has 0 aromatic heterocycles. The Hall–Kier alpha value is -1.10. The standard InChI is InChI=1S/C13H19ClN2O2/c1-9-6-10(2)13(11(14)7-9)16-12(17)8-15-4-5-18-3/h6-7,15H,4-5,8H2,1-3H3,(H,16,17). The van der Waals surface area contributed by atoms with Crippen LogP contribution in [0.4, 0.5) is 5.69 Å². The number of anilines is 1. The van der Waals surface area contributed by atoms with Crippen LogP contribution in [0.5, 0.6) is 0 Å². The zero-order valence-electron chi connectivity index (χ0n) is 11.0. The van der Waals surface area contributed by atoms with Crippen LogP contribution in [-0.2, 0) is 9.53 Å². The van der Waals surface area contributed by atoms with Gasteiger partial charge >= 0.3 is 0 Å². The average Bonchev–Trinajstić information content (AvgIpc) is 2.29. The Morgan fingerprint density at radius 1 is 1.39 bits per heavy atom. The van der Waals surface area contributed by atoms with Crippen molar-refractivity contribution in [3.8, 4) is 0 Å². The molecule has 0 atom stereocenters. The number of ether oxygens (including phenoxy) is 1. The predicted molar refractivity (Wildman–Crippen MR) is 74.3 cm³/mol. The molecule has 0 bridgehead atoms. The van der Waals surface area contributed by atoms with Crippen LogP contribution < -0.4 is 10.6 Å². The minimum absolute atomic E-state index is 0.111. The number of halogens is 1. The number of rotatable bonds is 6. The molecule has 0 aliphatic carbocycles. The number of methoxy groups -OCH3 is 1. The molecule has 0 aliphatic heterocycles. The van der Waals surface area contributed by atoms with Gasteiger partial charge in [-0.25, -0.2) is 0 Å². The zero-order valence-corrected chi connectivity index (χ0v) is 11.7. The molecule has 100 valence electrons. The van der Waals surface area contributed by atoms with Crippen LogP contribution in [0.25, 0.3) is 0 Å². The fourth-order valence-corrected chi connectivity index (χ4v) is 2.00. The van der Waals surface area contributed by atoms with E-state index in [4.69, 9.17) is 16.3 Å². The molecule has 0 unspecified atom stereocenters. The van der Waals surface area contributed by atoms with Gasteiger partial charge < -0.3 is 15.4 Å². The lowest BCUT2D eigenvalue weighted by molar-refractivity contribution is -0.115. The Balaban J connectivity index is 2.54. The molecule has 18 heavy (non-hydrogen) atoms. The third kappa shape index (κ3) is 4.64. The molecule has 1 aromatic carbocycles. The van der Waals surface area contributed by atoms with Gasteiger partial charge in [-0.3, -0.25) is 4.79 Å². The van der Waals surface area contributed by atoms with E-state index in [9.17, 15) is 4.79 Å². The minimum atomic E-state index is -0.111. The molecule has 0 heterocycles. The third-order valence-corrected chi connectivity index (χ3v) is 2.76. The second-order valence-corrected chi connectivity index (χ2v) is 4.56. The highest BCUT2D eigenvalue weighted by Gasteiger charge is 2.08. The number of benzene rings is 1. The first-order valence-corrected chi connectivity index (χ1v) is 6.18. The summed E-state index contributed by atoms with van der Waals surface area (Å²) in [7, 11) is 1.62. The summed E-state index contributed by atoms with van der Waals surface area (Å²) in [5.74, 6) is -0.111. The van der Waals surface area contributed by atoms with E-state index >= 15 is 0 Å². The van der Waals surface area contributed by atoms with Gasteiger partial charge in [-0.2, -0.15) is 0 Å². The van der Waals surface area contributed by atoms with Crippen molar-refractivity contribution in [2.75, 3.05) is 32.1 Å². The van der Waals surface area contributed by atoms with Crippen LogP contribution in [0.2, 0.25) is 5.02 Å². The van der Waals surface area contributed by atoms with Gasteiger partial charge in [-0.15, -0.1) is 0 Å². The number of nitrogens with one attached hydrogen (secondary N) is 2. The number of carbonyl (C=O) groups is 1. The SMILES string of the molecule is COCCNCC(=O)Nc1c(C)cc(C)cc1Cl. The van der Waals surface area contributed by atoms with Crippen LogP contribution in [0.15, 0.2) is 12.1 Å². The fourth-order valence-electron chi connectivity index (χ4n) is 1.63. The lowest BCUT2D eigenvalue weighted by Gasteiger charge is -2.12. The largest absolute Gasteiger partial charge is 0.383 e. The van der Waals surface area contributed by atoms with E-state index in [1.807, 2.05) is 26.0 Å². The number of hydrogen-bond acceptors (Lipinski definition) is 3. The van der Waals surface area contributed by atoms with Crippen molar-refractivity contribution >= 4 is 23.2 Å². The van der Waals surface area contributed by atoms with Crippen LogP contribution in [0.3, 0.4) is 0 Å². The quantitative estimate of drug-likeness (QED) is 0.779. The highest BCUT2D eigenvalue weighted by atomic mass is 35.5. The Morgan fingerprint density at radius 3 is 2.72 bits per heavy atom. The van der Waals surface area contributed by atoms with Crippen LogP contribution in [0.1, 0.15) is 11.1 Å². The first kappa shape index (κ1) is 15.0. The number of aryl methyl sites for hydroxylation is 2. The fraction of sp³-hybridized carbons (Fsp3) is 0.462. The minimum Gasteiger partial charge on any atom is -0.383 e. The van der Waals surface area contributed by atoms with E-state index in [2.05, 4.69) is 10.6 Å². The maximum Gasteiger partial charge on any atom is 0.238 e. The van der Waals surface area contributed by atoms with E-state index in [0.717, 1.165) is 11.1 Å². The van der Waals surface area contributed by atoms with Gasteiger partial charge in [0.05, 0.1) is 23.9 Å². The maximum atomic E-state index is 11.7. The van der Waals surface area contributed by atoms with Crippen LogP contribution in [-0.4, -0.2) is 32.7 Å². The zero-order chi connectivity index (χ0) is 13.5. The molecule has 0 spiro atoms. The molecule has 0 saturated carbocycles. The summed E-state index contributed by atoms with van der Waals surface area (Å²) < 4.78 is 4.88. The van der Waals surface area contributed by atoms with Crippen molar-refractivity contribution in [1.29, 1.82) is 0 Å². The van der Waals surface area contributed by atoms with E-state index in [1.165, 1.54) is 0 Å². The van der Waals surface area contributed by atoms with Crippen molar-refractivity contribution in [2.24, 2.45) is 0 Å². The molecule has 5 heteroatoms. The summed E-state index contributed by atoms with van der Waals surface area (Å²) in [4.78, 5) is 11.7. The lowest BCUT2D eigenvalue weighted by atomic mass is 10.1. The number of amides is 1. The van der Waals surface area contributed by atoms with Crippen LogP contribution in [0, 0.1) is 13.8 Å². The van der Waals surface area contributed by atoms with Crippen molar-refractivity contribution in [1.82, 2.24) is 5.32 Å². The summed E-state index contributed by atoms with van der Waals surface area (Å²) in [6.07, 6.45) is 0. The first-order chi connectivity index (χ1) is 8.54. The number of carbonyl (C=O) groups excluding carboxylic acids is 1. The molecular formula is C13H19ClN2O2. The normalized spacial score (nSPS) is 10.4. The maximum absolute atomic E-state index is 11.7. The number of hydrogen-bond donors (Lipinski definition) is 2. The summed E-state index contributed by atoms with van der Waals surface area (Å²) in [6, 6.07) is 3.82. The van der Waals surface area contributed by atoms with E-state index in [1.54, 1.807) is 7.11 Å². The van der Waals surface area contributed by atoms with Gasteiger partial charge in [0.2, 0.25) is 5.91 Å². The molecule has 1 rings (SSSR count). The topological polar surface area (TPSA) is 50.4 Å². The highest BCUT2D eigenvalue weighted by Crippen LogP contribution is 2.27. The summed E-state index contributed by atoms with van der Waals surface area (Å²) in [5.41, 5.74) is 2.72. The smallest absolute Gasteiger partial charge is 0.238 e. The van der Waals surface area contributed by atoms with E-state index in [-0.39, 0.29) is 12.5 Å². The van der Waals surface area contributed by atoms with Crippen molar-refractivity contribution in [3.05, 3.63) is 28.3 Å². The first-order valence-electron chi connectivity index (χ1n) is 5.81. The van der Waals surface area contributed by atoms with Gasteiger partial charge in [0.25, 0.3) is 0 Å². The van der Waals surface area contributed by atoms with Gasteiger partial charge in [0.1, 0.15) is 0 Å². The Labute approximate surface area is 113 Å². The van der Waals surface area contributed by atoms with E-state index < -0.39 is 0 Å². The summed E-state index contributed by atoms with van der Waals surface area (Å²) in [5, 5.41) is 6.35. The van der Waals surface area contributed by atoms with Crippen LogP contribution >= 0.6 is 11.6 Å². The molecule has 0 radical (unpaired) electrons. The van der Waals surface area contributed by atoms with Gasteiger partial charge in [0.15, 0.2) is 0 Å². The predicted octanol–water partition coefficient (Wildman–Crippen LogP) is 2.13. The van der Waals surface area contributed by atoms with Gasteiger partial charge in [-0.05, 0) is 31.0 Å².